The quantitative estimate of drug-likeness (QED) is 0.804. The number of nitrogens with zero attached hydrogens (tertiary/aromatic N) is 2. The highest BCUT2D eigenvalue weighted by Crippen LogP contribution is 2.22. The van der Waals surface area contributed by atoms with Gasteiger partial charge in [0.1, 0.15) is 5.69 Å². The summed E-state index contributed by atoms with van der Waals surface area (Å²) in [6, 6.07) is 17.5. The molecular formula is C18H13N3O3. The number of nitrogens with one attached hydrogen (secondary N) is 1. The van der Waals surface area contributed by atoms with E-state index in [-0.39, 0.29) is 5.56 Å². The normalized spacial score (nSPS) is 10.2. The first-order chi connectivity index (χ1) is 11.6. The molecular weight excluding hydrogens is 306 g/mol. The van der Waals surface area contributed by atoms with Gasteiger partial charge in [0.15, 0.2) is 5.56 Å². The molecule has 0 saturated heterocycles. The van der Waals surface area contributed by atoms with E-state index < -0.39 is 11.5 Å². The van der Waals surface area contributed by atoms with E-state index in [2.05, 4.69) is 5.32 Å². The van der Waals surface area contributed by atoms with E-state index in [4.69, 9.17) is 9.78 Å². The van der Waals surface area contributed by atoms with E-state index in [1.807, 2.05) is 24.3 Å². The van der Waals surface area contributed by atoms with Crippen LogP contribution in [-0.2, 0) is 7.05 Å². The Balaban J connectivity index is 2.02. The Morgan fingerprint density at radius 3 is 2.62 bits per heavy atom. The summed E-state index contributed by atoms with van der Waals surface area (Å²) in [7, 11) is 1.57. The third kappa shape index (κ3) is 2.83. The first-order valence-electron chi connectivity index (χ1n) is 7.17. The van der Waals surface area contributed by atoms with Gasteiger partial charge in [-0.25, -0.2) is 9.53 Å². The van der Waals surface area contributed by atoms with Crippen LogP contribution in [0.15, 0.2) is 63.9 Å². The molecule has 3 aromatic rings. The summed E-state index contributed by atoms with van der Waals surface area (Å²) in [4.78, 5) is 24.7. The van der Waals surface area contributed by atoms with E-state index in [1.165, 1.54) is 10.8 Å². The van der Waals surface area contributed by atoms with Crippen LogP contribution < -0.4 is 10.9 Å². The Kier molecular flexibility index (Phi) is 4.00. The molecule has 0 aliphatic rings. The summed E-state index contributed by atoms with van der Waals surface area (Å²) >= 11 is 0. The monoisotopic (exact) mass is 319 g/mol. The molecule has 0 atom stereocenters. The minimum absolute atomic E-state index is 0.0777. The average Bonchev–Trinajstić information content (AvgIpc) is 2.90. The first kappa shape index (κ1) is 15.3. The van der Waals surface area contributed by atoms with Gasteiger partial charge in [-0.05, 0) is 18.2 Å². The summed E-state index contributed by atoms with van der Waals surface area (Å²) in [5.41, 5.74) is 1.14. The number of amides is 1. The van der Waals surface area contributed by atoms with Gasteiger partial charge in [0.2, 0.25) is 0 Å². The number of benzene rings is 2. The minimum Gasteiger partial charge on any atom is -0.335 e. The van der Waals surface area contributed by atoms with Gasteiger partial charge in [-0.15, -0.1) is 0 Å². The zero-order valence-electron chi connectivity index (χ0n) is 12.8. The standard InChI is InChI=1S/C18H13N3O3/c1-21-16(13-7-3-2-4-8-13)15(18(23)24-21)17(22)20-14-9-5-6-12(10-14)11-19/h2-10H,1H3,(H,20,22). The lowest BCUT2D eigenvalue weighted by atomic mass is 10.1. The SMILES string of the molecule is Cn1oc(=O)c(C(=O)Nc2cccc(C#N)c2)c1-c1ccccc1. The van der Waals surface area contributed by atoms with Crippen LogP contribution in [0.5, 0.6) is 0 Å². The highest BCUT2D eigenvalue weighted by atomic mass is 16.5. The molecule has 118 valence electrons. The molecule has 0 radical (unpaired) electrons. The fraction of sp³-hybridized carbons (Fsp3) is 0.0556. The molecule has 3 rings (SSSR count). The van der Waals surface area contributed by atoms with Gasteiger partial charge >= 0.3 is 5.63 Å². The lowest BCUT2D eigenvalue weighted by molar-refractivity contribution is 0.102. The number of anilines is 1. The van der Waals surface area contributed by atoms with Crippen molar-refractivity contribution in [2.24, 2.45) is 7.05 Å². The van der Waals surface area contributed by atoms with Crippen molar-refractivity contribution in [1.82, 2.24) is 4.74 Å². The third-order valence-electron chi connectivity index (χ3n) is 3.50. The van der Waals surface area contributed by atoms with E-state index in [0.717, 1.165) is 0 Å². The minimum atomic E-state index is -0.717. The molecule has 1 N–H and O–H groups in total. The second-order valence-corrected chi connectivity index (χ2v) is 5.11. The van der Waals surface area contributed by atoms with Crippen LogP contribution in [0.1, 0.15) is 15.9 Å². The lowest BCUT2D eigenvalue weighted by Crippen LogP contribution is -2.19. The summed E-state index contributed by atoms with van der Waals surface area (Å²) in [6.45, 7) is 0. The van der Waals surface area contributed by atoms with E-state index >= 15 is 0 Å². The molecule has 0 bridgehead atoms. The molecule has 0 saturated carbocycles. The van der Waals surface area contributed by atoms with Crippen molar-refractivity contribution in [3.8, 4) is 17.3 Å². The van der Waals surface area contributed by atoms with Crippen molar-refractivity contribution in [2.75, 3.05) is 5.32 Å². The average molecular weight is 319 g/mol. The van der Waals surface area contributed by atoms with Gasteiger partial charge in [-0.1, -0.05) is 36.4 Å². The maximum absolute atomic E-state index is 12.6. The van der Waals surface area contributed by atoms with E-state index in [9.17, 15) is 9.59 Å². The maximum atomic E-state index is 12.6. The predicted octanol–water partition coefficient (Wildman–Crippen LogP) is 2.77. The fourth-order valence-electron chi connectivity index (χ4n) is 2.45. The number of carbonyl (C=O) groups excluding carboxylic acids is 1. The zero-order valence-corrected chi connectivity index (χ0v) is 12.8. The van der Waals surface area contributed by atoms with Gasteiger partial charge in [-0.2, -0.15) is 5.26 Å². The van der Waals surface area contributed by atoms with Gasteiger partial charge < -0.3 is 9.84 Å². The Morgan fingerprint density at radius 2 is 1.92 bits per heavy atom. The summed E-state index contributed by atoms with van der Waals surface area (Å²) in [5.74, 6) is -0.585. The number of carbonyl (C=O) groups is 1. The van der Waals surface area contributed by atoms with Crippen molar-refractivity contribution in [3.05, 3.63) is 76.1 Å². The Bertz CT molecular complexity index is 994. The molecule has 6 heteroatoms. The van der Waals surface area contributed by atoms with Crippen LogP contribution in [0.4, 0.5) is 5.69 Å². The lowest BCUT2D eigenvalue weighted by Gasteiger charge is -2.06. The van der Waals surface area contributed by atoms with Crippen LogP contribution in [0.25, 0.3) is 11.3 Å². The molecule has 1 heterocycles. The smallest absolute Gasteiger partial charge is 0.335 e. The highest BCUT2D eigenvalue weighted by molar-refractivity contribution is 6.07. The zero-order chi connectivity index (χ0) is 17.1. The van der Waals surface area contributed by atoms with E-state index in [1.54, 1.807) is 37.4 Å². The van der Waals surface area contributed by atoms with Crippen LogP contribution in [0.2, 0.25) is 0 Å². The van der Waals surface area contributed by atoms with Crippen LogP contribution in [-0.4, -0.2) is 10.6 Å². The highest BCUT2D eigenvalue weighted by Gasteiger charge is 2.23. The van der Waals surface area contributed by atoms with Crippen molar-refractivity contribution in [3.63, 3.8) is 0 Å². The summed E-state index contributed by atoms with van der Waals surface area (Å²) in [5, 5.41) is 11.6. The van der Waals surface area contributed by atoms with Crippen LogP contribution in [0, 0.1) is 11.3 Å². The van der Waals surface area contributed by atoms with Crippen molar-refractivity contribution in [1.29, 1.82) is 5.26 Å². The first-order valence-corrected chi connectivity index (χ1v) is 7.17. The topological polar surface area (TPSA) is 88.0 Å². The van der Waals surface area contributed by atoms with Crippen molar-refractivity contribution < 1.29 is 9.32 Å². The molecule has 0 aliphatic heterocycles. The fourth-order valence-corrected chi connectivity index (χ4v) is 2.45. The van der Waals surface area contributed by atoms with E-state index in [0.29, 0.717) is 22.5 Å². The number of nitriles is 1. The largest absolute Gasteiger partial charge is 0.370 e. The molecule has 0 fully saturated rings. The predicted molar refractivity (Wildman–Crippen MR) is 88.5 cm³/mol. The summed E-state index contributed by atoms with van der Waals surface area (Å²) < 4.78 is 6.33. The molecule has 24 heavy (non-hydrogen) atoms. The molecule has 0 aliphatic carbocycles. The Morgan fingerprint density at radius 1 is 1.17 bits per heavy atom. The summed E-state index contributed by atoms with van der Waals surface area (Å²) in [6.07, 6.45) is 0. The number of aromatic nitrogens is 1. The second-order valence-electron chi connectivity index (χ2n) is 5.11. The molecule has 2 aromatic carbocycles. The second kappa shape index (κ2) is 6.26. The van der Waals surface area contributed by atoms with Crippen molar-refractivity contribution >= 4 is 11.6 Å². The molecule has 6 nitrogen and oxygen atoms in total. The van der Waals surface area contributed by atoms with Gasteiger partial charge in [-0.3, -0.25) is 4.79 Å². The van der Waals surface area contributed by atoms with Gasteiger partial charge in [0.25, 0.3) is 5.91 Å². The maximum Gasteiger partial charge on any atom is 0.370 e. The Hall–Kier alpha value is -3.59. The van der Waals surface area contributed by atoms with Crippen molar-refractivity contribution in [2.45, 2.75) is 0 Å². The van der Waals surface area contributed by atoms with Crippen LogP contribution in [0.3, 0.4) is 0 Å². The third-order valence-corrected chi connectivity index (χ3v) is 3.50. The molecule has 0 spiro atoms. The molecule has 1 aromatic heterocycles. The van der Waals surface area contributed by atoms with Gasteiger partial charge in [0, 0.05) is 18.3 Å². The van der Waals surface area contributed by atoms with Crippen LogP contribution >= 0.6 is 0 Å². The molecule has 0 unspecified atom stereocenters. The van der Waals surface area contributed by atoms with Gasteiger partial charge in [0.05, 0.1) is 11.6 Å². The molecule has 1 amide bonds. The number of aryl methyl sites for hydroxylation is 1. The number of hydrogen-bond acceptors (Lipinski definition) is 4. The number of hydrogen-bond donors (Lipinski definition) is 1. The Labute approximate surface area is 137 Å². The number of rotatable bonds is 3.